The number of nitrogens with zero attached hydrogens (tertiary/aromatic N) is 4. The summed E-state index contributed by atoms with van der Waals surface area (Å²) >= 11 is 1.07. The number of nitro groups is 1. The van der Waals surface area contributed by atoms with E-state index in [0.29, 0.717) is 15.9 Å². The fourth-order valence-electron chi connectivity index (χ4n) is 3.50. The Morgan fingerprint density at radius 1 is 1.32 bits per heavy atom. The normalized spacial score (nSPS) is 16.5. The summed E-state index contributed by atoms with van der Waals surface area (Å²) in [5.41, 5.74) is 0.782. The van der Waals surface area contributed by atoms with Crippen LogP contribution in [0.1, 0.15) is 32.0 Å². The Morgan fingerprint density at radius 3 is 2.74 bits per heavy atom. The van der Waals surface area contributed by atoms with Crippen LogP contribution in [0.25, 0.3) is 10.2 Å². The molecule has 0 saturated heterocycles. The molecule has 1 unspecified atom stereocenters. The van der Waals surface area contributed by atoms with Crippen LogP contribution in [0.3, 0.4) is 0 Å². The summed E-state index contributed by atoms with van der Waals surface area (Å²) in [6.45, 7) is 3.75. The third kappa shape index (κ3) is 3.66. The van der Waals surface area contributed by atoms with Gasteiger partial charge in [-0.15, -0.1) is 0 Å². The Balaban J connectivity index is 1.85. The number of nitro benzene ring substituents is 1. The lowest BCUT2D eigenvalue weighted by atomic mass is 9.94. The molecule has 0 radical (unpaired) electrons. The van der Waals surface area contributed by atoms with Crippen molar-refractivity contribution in [3.05, 3.63) is 69.7 Å². The number of carbonyl (C=O) groups excluding carboxylic acids is 2. The highest BCUT2D eigenvalue weighted by atomic mass is 32.1. The van der Waals surface area contributed by atoms with Crippen LogP contribution >= 0.6 is 11.3 Å². The number of thiazole rings is 1. The molecule has 2 aromatic heterocycles. The minimum Gasteiger partial charge on any atom is -0.503 e. The van der Waals surface area contributed by atoms with E-state index < -0.39 is 22.6 Å². The molecular weight excluding hydrogens is 420 g/mol. The summed E-state index contributed by atoms with van der Waals surface area (Å²) in [6.07, 6.45) is 1.70. The molecule has 1 aliphatic heterocycles. The van der Waals surface area contributed by atoms with Gasteiger partial charge in [-0.1, -0.05) is 31.3 Å². The molecule has 1 atom stereocenters. The van der Waals surface area contributed by atoms with Crippen LogP contribution in [-0.2, 0) is 9.59 Å². The predicted octanol–water partition coefficient (Wildman–Crippen LogP) is 4.11. The largest absolute Gasteiger partial charge is 0.503 e. The lowest BCUT2D eigenvalue weighted by molar-refractivity contribution is -0.384. The highest BCUT2D eigenvalue weighted by Gasteiger charge is 2.46. The van der Waals surface area contributed by atoms with E-state index in [0.717, 1.165) is 11.3 Å². The number of ketones is 1. The molecular formula is C21H18N4O5S. The molecule has 0 bridgehead atoms. The average Bonchev–Trinajstić information content (AvgIpc) is 3.26. The molecule has 1 N–H and O–H groups in total. The lowest BCUT2D eigenvalue weighted by Crippen LogP contribution is -2.31. The van der Waals surface area contributed by atoms with E-state index in [2.05, 4.69) is 9.97 Å². The number of non-ortho nitro benzene ring substituents is 1. The second-order valence-corrected chi connectivity index (χ2v) is 8.53. The van der Waals surface area contributed by atoms with Crippen molar-refractivity contribution >= 4 is 44.1 Å². The van der Waals surface area contributed by atoms with Crippen molar-refractivity contribution in [2.75, 3.05) is 4.90 Å². The number of fused-ring (bicyclic) bond motifs is 1. The number of hydrogen-bond donors (Lipinski definition) is 1. The topological polar surface area (TPSA) is 127 Å². The highest BCUT2D eigenvalue weighted by molar-refractivity contribution is 7.22. The fourth-order valence-corrected chi connectivity index (χ4v) is 4.53. The molecule has 0 spiro atoms. The van der Waals surface area contributed by atoms with Crippen LogP contribution in [0.4, 0.5) is 10.8 Å². The molecule has 3 heterocycles. The molecule has 9 nitrogen and oxygen atoms in total. The van der Waals surface area contributed by atoms with Crippen molar-refractivity contribution in [1.82, 2.24) is 9.97 Å². The van der Waals surface area contributed by atoms with Gasteiger partial charge in [0.05, 0.1) is 26.4 Å². The summed E-state index contributed by atoms with van der Waals surface area (Å²) < 4.78 is 0.512. The number of hydrogen-bond acceptors (Lipinski definition) is 8. The molecule has 0 fully saturated rings. The van der Waals surface area contributed by atoms with Gasteiger partial charge in [0.25, 0.3) is 11.6 Å². The number of amides is 1. The van der Waals surface area contributed by atoms with Crippen LogP contribution in [-0.4, -0.2) is 31.7 Å². The summed E-state index contributed by atoms with van der Waals surface area (Å²) in [4.78, 5) is 46.5. The van der Waals surface area contributed by atoms with Crippen LogP contribution in [0.2, 0.25) is 0 Å². The molecule has 10 heteroatoms. The van der Waals surface area contributed by atoms with E-state index in [1.165, 1.54) is 23.1 Å². The van der Waals surface area contributed by atoms with E-state index in [9.17, 15) is 24.8 Å². The number of aromatic nitrogens is 2. The van der Waals surface area contributed by atoms with Crippen molar-refractivity contribution in [3.63, 3.8) is 0 Å². The van der Waals surface area contributed by atoms with E-state index in [-0.39, 0.29) is 34.5 Å². The quantitative estimate of drug-likeness (QED) is 0.453. The number of Topliss-reactive ketones (excluding diaryl/α,β-unsaturated/α-hetero) is 1. The van der Waals surface area contributed by atoms with E-state index in [4.69, 9.17) is 0 Å². The van der Waals surface area contributed by atoms with Gasteiger partial charge in [-0.3, -0.25) is 29.6 Å². The van der Waals surface area contributed by atoms with Gasteiger partial charge in [0.1, 0.15) is 6.04 Å². The van der Waals surface area contributed by atoms with Gasteiger partial charge in [0, 0.05) is 24.8 Å². The maximum Gasteiger partial charge on any atom is 0.296 e. The maximum atomic E-state index is 13.0. The first kappa shape index (κ1) is 20.6. The summed E-state index contributed by atoms with van der Waals surface area (Å²) in [7, 11) is 0. The molecule has 31 heavy (non-hydrogen) atoms. The van der Waals surface area contributed by atoms with E-state index >= 15 is 0 Å². The number of anilines is 1. The Morgan fingerprint density at radius 2 is 2.10 bits per heavy atom. The Kier molecular flexibility index (Phi) is 5.24. The van der Waals surface area contributed by atoms with E-state index in [1.807, 2.05) is 13.8 Å². The molecule has 1 aromatic carbocycles. The van der Waals surface area contributed by atoms with Crippen LogP contribution in [0, 0.1) is 16.0 Å². The lowest BCUT2D eigenvalue weighted by Gasteiger charge is -2.23. The van der Waals surface area contributed by atoms with Crippen molar-refractivity contribution in [1.29, 1.82) is 0 Å². The zero-order valence-electron chi connectivity index (χ0n) is 16.7. The van der Waals surface area contributed by atoms with Crippen LogP contribution < -0.4 is 4.90 Å². The maximum absolute atomic E-state index is 13.0. The summed E-state index contributed by atoms with van der Waals surface area (Å²) in [6, 6.07) is 8.39. The van der Waals surface area contributed by atoms with Gasteiger partial charge in [-0.2, -0.15) is 0 Å². The van der Waals surface area contributed by atoms with Crippen molar-refractivity contribution in [3.8, 4) is 0 Å². The second-order valence-electron chi connectivity index (χ2n) is 7.52. The zero-order valence-corrected chi connectivity index (χ0v) is 17.5. The first-order valence-corrected chi connectivity index (χ1v) is 10.4. The SMILES string of the molecule is CC(C)CC(=O)C1=C(O)C(=O)N(c2nc3ccc([N+](=O)[O-])cc3s2)C1c1ccccn1. The van der Waals surface area contributed by atoms with Crippen molar-refractivity contribution in [2.24, 2.45) is 5.92 Å². The predicted molar refractivity (Wildman–Crippen MR) is 115 cm³/mol. The standard InChI is InChI=1S/C21H18N4O5S/c1-11(2)9-15(26)17-18(14-5-3-4-8-22-14)24(20(28)19(17)27)21-23-13-7-6-12(25(29)30)10-16(13)31-21/h3-8,10-11,18,27H,9H2,1-2H3. The molecule has 158 valence electrons. The summed E-state index contributed by atoms with van der Waals surface area (Å²) in [5.74, 6) is -1.68. The second kappa shape index (κ2) is 7.88. The Labute approximate surface area is 180 Å². The Hall–Kier alpha value is -3.66. The van der Waals surface area contributed by atoms with Gasteiger partial charge >= 0.3 is 0 Å². The number of pyridine rings is 1. The minimum atomic E-state index is -0.935. The first-order valence-electron chi connectivity index (χ1n) is 9.53. The molecule has 1 amide bonds. The van der Waals surface area contributed by atoms with Crippen LogP contribution in [0.5, 0.6) is 0 Å². The third-order valence-corrected chi connectivity index (χ3v) is 5.87. The zero-order chi connectivity index (χ0) is 22.3. The summed E-state index contributed by atoms with van der Waals surface area (Å²) in [5, 5.41) is 21.9. The van der Waals surface area contributed by atoms with Gasteiger partial charge in [0.15, 0.2) is 16.7 Å². The van der Waals surface area contributed by atoms with Crippen molar-refractivity contribution in [2.45, 2.75) is 26.3 Å². The van der Waals surface area contributed by atoms with E-state index in [1.54, 1.807) is 24.4 Å². The van der Waals surface area contributed by atoms with Gasteiger partial charge in [0.2, 0.25) is 0 Å². The van der Waals surface area contributed by atoms with Crippen molar-refractivity contribution < 1.29 is 19.6 Å². The highest BCUT2D eigenvalue weighted by Crippen LogP contribution is 2.43. The number of rotatable bonds is 6. The van der Waals surface area contributed by atoms with Crippen LogP contribution in [0.15, 0.2) is 53.9 Å². The number of carbonyl (C=O) groups is 2. The number of aliphatic hydroxyl groups is 1. The van der Waals surface area contributed by atoms with Gasteiger partial charge in [-0.25, -0.2) is 4.98 Å². The minimum absolute atomic E-state index is 0.0114. The number of aliphatic hydroxyl groups excluding tert-OH is 1. The average molecular weight is 438 g/mol. The fraction of sp³-hybridized carbons (Fsp3) is 0.238. The van der Waals surface area contributed by atoms with Gasteiger partial charge in [-0.05, 0) is 24.1 Å². The van der Waals surface area contributed by atoms with Gasteiger partial charge < -0.3 is 5.11 Å². The Bertz CT molecular complexity index is 1240. The molecule has 0 aliphatic carbocycles. The number of benzene rings is 1. The smallest absolute Gasteiger partial charge is 0.296 e. The third-order valence-electron chi connectivity index (χ3n) is 4.85. The molecule has 3 aromatic rings. The first-order chi connectivity index (χ1) is 14.8. The molecule has 0 saturated carbocycles. The monoisotopic (exact) mass is 438 g/mol. The molecule has 4 rings (SSSR count). The molecule has 1 aliphatic rings.